The number of nitrogens with zero attached hydrogens (tertiary/aromatic N) is 3. The number of carbonyl (C=O) groups excluding carboxylic acids is 1. The van der Waals surface area contributed by atoms with Gasteiger partial charge in [-0.1, -0.05) is 24.6 Å². The molecule has 0 radical (unpaired) electrons. The minimum Gasteiger partial charge on any atom is -0.349 e. The second-order valence-corrected chi connectivity index (χ2v) is 13.0. The number of carbonyl (C=O) groups is 1. The van der Waals surface area contributed by atoms with E-state index in [9.17, 15) is 30.8 Å². The zero-order valence-corrected chi connectivity index (χ0v) is 24.9. The molecule has 2 aliphatic rings. The molecule has 0 bridgehead atoms. The van der Waals surface area contributed by atoms with Gasteiger partial charge in [0.05, 0.1) is 22.5 Å². The molecule has 0 spiro atoms. The van der Waals surface area contributed by atoms with E-state index in [1.807, 2.05) is 0 Å². The zero-order chi connectivity index (χ0) is 31.3. The van der Waals surface area contributed by atoms with E-state index in [1.165, 1.54) is 31.4 Å². The number of halogens is 4. The number of aryl methyl sites for hydroxylation is 1. The Hall–Kier alpha value is -3.42. The first-order chi connectivity index (χ1) is 21.0. The largest absolute Gasteiger partial charge is 0.416 e. The molecule has 1 aliphatic carbocycles. The highest BCUT2D eigenvalue weighted by Crippen LogP contribution is 2.32. The van der Waals surface area contributed by atoms with Crippen LogP contribution in [0.25, 0.3) is 0 Å². The van der Waals surface area contributed by atoms with Crippen LogP contribution in [0.15, 0.2) is 59.6 Å². The first-order valence-electron chi connectivity index (χ1n) is 14.8. The summed E-state index contributed by atoms with van der Waals surface area (Å²) in [5.41, 5.74) is 0.854. The van der Waals surface area contributed by atoms with Crippen molar-refractivity contribution in [1.29, 1.82) is 0 Å². The first kappa shape index (κ1) is 32.0. The van der Waals surface area contributed by atoms with E-state index in [-0.39, 0.29) is 18.0 Å². The van der Waals surface area contributed by atoms with Crippen molar-refractivity contribution in [2.45, 2.75) is 74.5 Å². The standard InChI is InChI=1S/C31H35F4N5O3S/c32-23-12-10-21(11-13-23)28(39-44(42,43)24-7-4-6-22(18-24)31(33,34)35)19-30(41)38-27-9-5-8-26-25(27)20-36-29(37-26)14-17-40-15-2-1-3-16-40/h4,6-7,10-13,18,20,27-28,39H,1-3,5,8-9,14-17,19H2,(H,38,41)/t27-,28+/m0/s1. The average molecular weight is 634 g/mol. The third-order valence-electron chi connectivity index (χ3n) is 8.10. The number of nitrogens with one attached hydrogen (secondary N) is 2. The van der Waals surface area contributed by atoms with Crippen molar-refractivity contribution in [3.05, 3.63) is 88.8 Å². The normalized spacial score (nSPS) is 18.4. The molecule has 2 aromatic carbocycles. The average Bonchev–Trinajstić information content (AvgIpc) is 3.00. The van der Waals surface area contributed by atoms with E-state index >= 15 is 0 Å². The van der Waals surface area contributed by atoms with E-state index in [1.54, 1.807) is 6.20 Å². The quantitative estimate of drug-likeness (QED) is 0.295. The van der Waals surface area contributed by atoms with E-state index < -0.39 is 44.4 Å². The monoisotopic (exact) mass is 633 g/mol. The number of piperidine rings is 1. The summed E-state index contributed by atoms with van der Waals surface area (Å²) >= 11 is 0. The Morgan fingerprint density at radius 2 is 1.80 bits per heavy atom. The van der Waals surface area contributed by atoms with Crippen LogP contribution in [0.2, 0.25) is 0 Å². The summed E-state index contributed by atoms with van der Waals surface area (Å²) in [4.78, 5) is 24.5. The molecule has 2 atom stereocenters. The molecule has 1 amide bonds. The number of amides is 1. The second-order valence-electron chi connectivity index (χ2n) is 11.3. The SMILES string of the molecule is O=C(C[C@@H](NS(=O)(=O)c1cccc(C(F)(F)F)c1)c1ccc(F)cc1)N[C@H]1CCCc2nc(CCN3CCCCC3)ncc21. The van der Waals surface area contributed by atoms with Crippen LogP contribution >= 0.6 is 0 Å². The molecule has 2 N–H and O–H groups in total. The molecule has 13 heteroatoms. The lowest BCUT2D eigenvalue weighted by Gasteiger charge is -2.28. The molecule has 1 fully saturated rings. The van der Waals surface area contributed by atoms with Gasteiger partial charge in [-0.05, 0) is 81.1 Å². The number of hydrogen-bond acceptors (Lipinski definition) is 6. The summed E-state index contributed by atoms with van der Waals surface area (Å²) < 4.78 is 82.1. The van der Waals surface area contributed by atoms with Crippen LogP contribution < -0.4 is 10.0 Å². The third-order valence-corrected chi connectivity index (χ3v) is 9.57. The number of hydrogen-bond donors (Lipinski definition) is 2. The molecule has 2 heterocycles. The van der Waals surface area contributed by atoms with Crippen LogP contribution in [0.5, 0.6) is 0 Å². The first-order valence-corrected chi connectivity index (χ1v) is 16.3. The number of alkyl halides is 3. The smallest absolute Gasteiger partial charge is 0.349 e. The number of rotatable bonds is 10. The van der Waals surface area contributed by atoms with E-state index in [2.05, 4.69) is 19.9 Å². The van der Waals surface area contributed by atoms with Gasteiger partial charge in [0.15, 0.2) is 0 Å². The fourth-order valence-electron chi connectivity index (χ4n) is 5.76. The molecule has 0 unspecified atom stereocenters. The minimum absolute atomic E-state index is 0.280. The summed E-state index contributed by atoms with van der Waals surface area (Å²) in [6, 6.07) is 6.69. The molecule has 0 saturated carbocycles. The number of likely N-dealkylation sites (tertiary alicyclic amines) is 1. The van der Waals surface area contributed by atoms with E-state index in [0.717, 1.165) is 86.3 Å². The van der Waals surface area contributed by atoms with Crippen molar-refractivity contribution >= 4 is 15.9 Å². The molecular weight excluding hydrogens is 598 g/mol. The van der Waals surface area contributed by atoms with Crippen LogP contribution in [0.3, 0.4) is 0 Å². The highest BCUT2D eigenvalue weighted by molar-refractivity contribution is 7.89. The third kappa shape index (κ3) is 8.19. The number of benzene rings is 2. The zero-order valence-electron chi connectivity index (χ0n) is 24.1. The van der Waals surface area contributed by atoms with Crippen molar-refractivity contribution in [3.63, 3.8) is 0 Å². The molecule has 1 aromatic heterocycles. The van der Waals surface area contributed by atoms with E-state index in [0.29, 0.717) is 12.5 Å². The Bertz CT molecular complexity index is 1560. The van der Waals surface area contributed by atoms with Crippen molar-refractivity contribution < 1.29 is 30.8 Å². The van der Waals surface area contributed by atoms with Crippen molar-refractivity contribution in [1.82, 2.24) is 24.9 Å². The Kier molecular flexibility index (Phi) is 9.96. The van der Waals surface area contributed by atoms with Gasteiger partial charge in [-0.2, -0.15) is 13.2 Å². The van der Waals surface area contributed by atoms with Crippen LogP contribution in [0.1, 0.15) is 78.8 Å². The van der Waals surface area contributed by atoms with Crippen molar-refractivity contribution in [2.24, 2.45) is 0 Å². The molecule has 8 nitrogen and oxygen atoms in total. The molecule has 3 aromatic rings. The van der Waals surface area contributed by atoms with Gasteiger partial charge in [0.2, 0.25) is 15.9 Å². The molecule has 236 valence electrons. The van der Waals surface area contributed by atoms with Crippen LogP contribution in [0, 0.1) is 5.82 Å². The molecule has 5 rings (SSSR count). The predicted molar refractivity (Wildman–Crippen MR) is 155 cm³/mol. The highest BCUT2D eigenvalue weighted by Gasteiger charge is 2.33. The lowest BCUT2D eigenvalue weighted by molar-refractivity contribution is -0.137. The van der Waals surface area contributed by atoms with Gasteiger partial charge >= 0.3 is 6.18 Å². The van der Waals surface area contributed by atoms with Gasteiger partial charge in [-0.15, -0.1) is 0 Å². The van der Waals surface area contributed by atoms with Crippen LogP contribution in [-0.4, -0.2) is 48.8 Å². The summed E-state index contributed by atoms with van der Waals surface area (Å²) in [5.74, 6) is -0.286. The maximum atomic E-state index is 13.7. The van der Waals surface area contributed by atoms with Crippen LogP contribution in [-0.2, 0) is 33.8 Å². The Labute approximate surface area is 254 Å². The Morgan fingerprint density at radius 1 is 1.05 bits per heavy atom. The molecule has 44 heavy (non-hydrogen) atoms. The molecule has 1 saturated heterocycles. The van der Waals surface area contributed by atoms with Gasteiger partial charge in [0.1, 0.15) is 11.6 Å². The summed E-state index contributed by atoms with van der Waals surface area (Å²) in [6.07, 6.45) is 3.28. The number of aromatic nitrogens is 2. The predicted octanol–water partition coefficient (Wildman–Crippen LogP) is 5.27. The van der Waals surface area contributed by atoms with Crippen molar-refractivity contribution in [2.75, 3.05) is 19.6 Å². The van der Waals surface area contributed by atoms with Crippen LogP contribution in [0.4, 0.5) is 17.6 Å². The number of fused-ring (bicyclic) bond motifs is 1. The summed E-state index contributed by atoms with van der Waals surface area (Å²) in [5, 5.41) is 2.96. The van der Waals surface area contributed by atoms with Gasteiger partial charge in [0.25, 0.3) is 0 Å². The fraction of sp³-hybridized carbons (Fsp3) is 0.452. The topological polar surface area (TPSA) is 104 Å². The lowest BCUT2D eigenvalue weighted by atomic mass is 9.92. The second kappa shape index (κ2) is 13.7. The Morgan fingerprint density at radius 3 is 2.52 bits per heavy atom. The fourth-order valence-corrected chi connectivity index (χ4v) is 7.03. The van der Waals surface area contributed by atoms with Gasteiger partial charge in [-0.25, -0.2) is 27.5 Å². The maximum Gasteiger partial charge on any atom is 0.416 e. The van der Waals surface area contributed by atoms with Crippen molar-refractivity contribution in [3.8, 4) is 0 Å². The molecular formula is C31H35F4N5O3S. The minimum atomic E-state index is -4.74. The van der Waals surface area contributed by atoms with Gasteiger partial charge in [-0.3, -0.25) is 4.79 Å². The Balaban J connectivity index is 1.29. The maximum absolute atomic E-state index is 13.7. The van der Waals surface area contributed by atoms with Gasteiger partial charge in [0, 0.05) is 36.8 Å². The summed E-state index contributed by atoms with van der Waals surface area (Å²) in [7, 11) is -4.49. The van der Waals surface area contributed by atoms with E-state index in [4.69, 9.17) is 4.98 Å². The summed E-state index contributed by atoms with van der Waals surface area (Å²) in [6.45, 7) is 3.09. The lowest BCUT2D eigenvalue weighted by Crippen LogP contribution is -2.36. The molecule has 1 aliphatic heterocycles. The highest BCUT2D eigenvalue weighted by atomic mass is 32.2. The van der Waals surface area contributed by atoms with Gasteiger partial charge < -0.3 is 10.2 Å². The number of sulfonamides is 1.